The molecule has 5 aromatic rings. The lowest BCUT2D eigenvalue weighted by atomic mass is 10.1. The number of hydrogen-bond acceptors (Lipinski definition) is 5. The zero-order chi connectivity index (χ0) is 24.4. The van der Waals surface area contributed by atoms with Crippen molar-refractivity contribution in [2.45, 2.75) is 39.8 Å². The van der Waals surface area contributed by atoms with E-state index in [-0.39, 0.29) is 5.91 Å². The Labute approximate surface area is 202 Å². The van der Waals surface area contributed by atoms with E-state index < -0.39 is 0 Å². The summed E-state index contributed by atoms with van der Waals surface area (Å²) in [7, 11) is 0. The predicted molar refractivity (Wildman–Crippen MR) is 133 cm³/mol. The van der Waals surface area contributed by atoms with E-state index in [9.17, 15) is 10.1 Å². The predicted octanol–water partition coefficient (Wildman–Crippen LogP) is 3.86. The highest BCUT2D eigenvalue weighted by molar-refractivity contribution is 5.76. The summed E-state index contributed by atoms with van der Waals surface area (Å²) in [4.78, 5) is 21.5. The maximum absolute atomic E-state index is 12.5. The molecule has 0 spiro atoms. The Morgan fingerprint density at radius 2 is 1.86 bits per heavy atom. The second-order valence-corrected chi connectivity index (χ2v) is 8.62. The van der Waals surface area contributed by atoms with Gasteiger partial charge in [-0.3, -0.25) is 4.79 Å². The number of benzene rings is 2. The van der Waals surface area contributed by atoms with E-state index in [2.05, 4.69) is 49.2 Å². The molecule has 8 heteroatoms. The standard InChI is InChI=1S/C27H25N7O/c1-18-23(19(2)34-27(32-18)22(13-28)15-31-34)11-12-26(35)29-14-20-7-9-21(10-8-20)16-33-17-30-24-5-3-4-6-25(24)33/h3-10,15,17H,11-12,14,16H2,1-2H3,(H,29,35). The van der Waals surface area contributed by atoms with Crippen LogP contribution in [0.2, 0.25) is 0 Å². The molecule has 0 unspecified atom stereocenters. The number of nitrogens with zero attached hydrogens (tertiary/aromatic N) is 6. The molecule has 2 aromatic carbocycles. The van der Waals surface area contributed by atoms with Gasteiger partial charge in [0.15, 0.2) is 5.65 Å². The van der Waals surface area contributed by atoms with Gasteiger partial charge in [-0.2, -0.15) is 10.4 Å². The van der Waals surface area contributed by atoms with Crippen molar-refractivity contribution in [3.8, 4) is 6.07 Å². The van der Waals surface area contributed by atoms with Gasteiger partial charge in [0.2, 0.25) is 5.91 Å². The molecule has 5 rings (SSSR count). The highest BCUT2D eigenvalue weighted by Crippen LogP contribution is 2.18. The second-order valence-electron chi connectivity index (χ2n) is 8.62. The highest BCUT2D eigenvalue weighted by atomic mass is 16.1. The Morgan fingerprint density at radius 3 is 2.66 bits per heavy atom. The summed E-state index contributed by atoms with van der Waals surface area (Å²) in [5.41, 5.74) is 8.04. The molecule has 0 bridgehead atoms. The fourth-order valence-corrected chi connectivity index (χ4v) is 4.37. The summed E-state index contributed by atoms with van der Waals surface area (Å²) in [6.45, 7) is 5.07. The molecule has 0 aliphatic carbocycles. The molecule has 0 aliphatic rings. The molecule has 0 saturated heterocycles. The number of aryl methyl sites for hydroxylation is 2. The molecule has 0 atom stereocenters. The third-order valence-electron chi connectivity index (χ3n) is 6.32. The summed E-state index contributed by atoms with van der Waals surface area (Å²) in [5, 5.41) is 16.5. The van der Waals surface area contributed by atoms with Gasteiger partial charge in [-0.25, -0.2) is 14.5 Å². The summed E-state index contributed by atoms with van der Waals surface area (Å²) in [5.74, 6) is -0.0176. The first-order valence-corrected chi connectivity index (χ1v) is 11.5. The first kappa shape index (κ1) is 22.3. The van der Waals surface area contributed by atoms with E-state index >= 15 is 0 Å². The van der Waals surface area contributed by atoms with E-state index in [1.807, 2.05) is 50.5 Å². The van der Waals surface area contributed by atoms with E-state index in [1.165, 1.54) is 11.8 Å². The molecule has 1 N–H and O–H groups in total. The topological polar surface area (TPSA) is 101 Å². The van der Waals surface area contributed by atoms with E-state index in [0.29, 0.717) is 30.6 Å². The van der Waals surface area contributed by atoms with Gasteiger partial charge in [-0.1, -0.05) is 36.4 Å². The Bertz CT molecular complexity index is 1570. The van der Waals surface area contributed by atoms with Crippen molar-refractivity contribution >= 4 is 22.6 Å². The van der Waals surface area contributed by atoms with E-state index in [4.69, 9.17) is 0 Å². The summed E-state index contributed by atoms with van der Waals surface area (Å²) < 4.78 is 3.81. The molecule has 3 heterocycles. The van der Waals surface area contributed by atoms with Gasteiger partial charge in [-0.15, -0.1) is 0 Å². The summed E-state index contributed by atoms with van der Waals surface area (Å²) in [6, 6.07) is 18.5. The van der Waals surface area contributed by atoms with Crippen LogP contribution in [0.15, 0.2) is 61.1 Å². The van der Waals surface area contributed by atoms with Crippen molar-refractivity contribution in [1.29, 1.82) is 5.26 Å². The fraction of sp³-hybridized carbons (Fsp3) is 0.222. The summed E-state index contributed by atoms with van der Waals surface area (Å²) >= 11 is 0. The minimum atomic E-state index is -0.0176. The average Bonchev–Trinajstić information content (AvgIpc) is 3.47. The Morgan fingerprint density at radius 1 is 1.09 bits per heavy atom. The molecular formula is C27H25N7O. The number of carbonyl (C=O) groups excluding carboxylic acids is 1. The SMILES string of the molecule is Cc1nc2c(C#N)cnn2c(C)c1CCC(=O)NCc1ccc(Cn2cnc3ccccc32)cc1. The zero-order valence-electron chi connectivity index (χ0n) is 19.7. The van der Waals surface area contributed by atoms with Crippen LogP contribution in [0.3, 0.4) is 0 Å². The van der Waals surface area contributed by atoms with Crippen LogP contribution in [0.4, 0.5) is 0 Å². The van der Waals surface area contributed by atoms with Crippen molar-refractivity contribution in [3.63, 3.8) is 0 Å². The van der Waals surface area contributed by atoms with E-state index in [1.54, 1.807) is 4.52 Å². The number of aromatic nitrogens is 5. The van der Waals surface area contributed by atoms with Crippen molar-refractivity contribution in [2.75, 3.05) is 0 Å². The first-order valence-electron chi connectivity index (χ1n) is 11.5. The maximum Gasteiger partial charge on any atom is 0.220 e. The largest absolute Gasteiger partial charge is 0.352 e. The van der Waals surface area contributed by atoms with Crippen molar-refractivity contribution < 1.29 is 4.79 Å². The molecule has 0 radical (unpaired) electrons. The third-order valence-corrected chi connectivity index (χ3v) is 6.32. The Hall–Kier alpha value is -4.51. The Kier molecular flexibility index (Phi) is 5.98. The fourth-order valence-electron chi connectivity index (χ4n) is 4.37. The van der Waals surface area contributed by atoms with Crippen LogP contribution in [-0.2, 0) is 24.3 Å². The molecule has 0 aliphatic heterocycles. The number of amides is 1. The lowest BCUT2D eigenvalue weighted by molar-refractivity contribution is -0.121. The number of nitriles is 1. The quantitative estimate of drug-likeness (QED) is 0.395. The van der Waals surface area contributed by atoms with Gasteiger partial charge < -0.3 is 9.88 Å². The molecule has 0 saturated carbocycles. The monoisotopic (exact) mass is 463 g/mol. The van der Waals surface area contributed by atoms with Gasteiger partial charge in [0, 0.05) is 30.9 Å². The van der Waals surface area contributed by atoms with Gasteiger partial charge in [0.1, 0.15) is 11.6 Å². The third kappa shape index (κ3) is 4.49. The molecule has 174 valence electrons. The van der Waals surface area contributed by atoms with Crippen LogP contribution < -0.4 is 5.32 Å². The lowest BCUT2D eigenvalue weighted by Crippen LogP contribution is -2.23. The van der Waals surface area contributed by atoms with Gasteiger partial charge in [0.05, 0.1) is 23.6 Å². The molecule has 35 heavy (non-hydrogen) atoms. The molecule has 1 amide bonds. The number of carbonyl (C=O) groups is 1. The number of fused-ring (bicyclic) bond motifs is 2. The zero-order valence-corrected chi connectivity index (χ0v) is 19.7. The minimum Gasteiger partial charge on any atom is -0.352 e. The first-order chi connectivity index (χ1) is 17.0. The number of nitrogens with one attached hydrogen (secondary N) is 1. The van der Waals surface area contributed by atoms with Crippen LogP contribution in [0.25, 0.3) is 16.7 Å². The second kappa shape index (κ2) is 9.39. The number of para-hydroxylation sites is 2. The maximum atomic E-state index is 12.5. The van der Waals surface area contributed by atoms with Crippen molar-refractivity contribution in [2.24, 2.45) is 0 Å². The minimum absolute atomic E-state index is 0.0176. The Balaban J connectivity index is 1.17. The molecule has 8 nitrogen and oxygen atoms in total. The van der Waals surface area contributed by atoms with Crippen LogP contribution in [0.1, 0.15) is 40.1 Å². The average molecular weight is 464 g/mol. The van der Waals surface area contributed by atoms with E-state index in [0.717, 1.165) is 40.1 Å². The van der Waals surface area contributed by atoms with Gasteiger partial charge in [-0.05, 0) is 49.1 Å². The smallest absolute Gasteiger partial charge is 0.220 e. The molecule has 0 fully saturated rings. The van der Waals surface area contributed by atoms with Gasteiger partial charge >= 0.3 is 0 Å². The van der Waals surface area contributed by atoms with Crippen LogP contribution in [0, 0.1) is 25.2 Å². The van der Waals surface area contributed by atoms with Gasteiger partial charge in [0.25, 0.3) is 0 Å². The lowest BCUT2D eigenvalue weighted by Gasteiger charge is -2.11. The van der Waals surface area contributed by atoms with Crippen LogP contribution in [0.5, 0.6) is 0 Å². The molecular weight excluding hydrogens is 438 g/mol. The summed E-state index contributed by atoms with van der Waals surface area (Å²) in [6.07, 6.45) is 4.30. The molecule has 3 aromatic heterocycles. The van der Waals surface area contributed by atoms with Crippen molar-refractivity contribution in [3.05, 3.63) is 94.7 Å². The van der Waals surface area contributed by atoms with Crippen LogP contribution >= 0.6 is 0 Å². The van der Waals surface area contributed by atoms with Crippen molar-refractivity contribution in [1.82, 2.24) is 29.5 Å². The normalized spacial score (nSPS) is 11.1. The highest BCUT2D eigenvalue weighted by Gasteiger charge is 2.14. The number of hydrogen-bond donors (Lipinski definition) is 1. The van der Waals surface area contributed by atoms with Crippen LogP contribution in [-0.4, -0.2) is 30.1 Å². The number of rotatable bonds is 7. The number of imidazole rings is 1.